The summed E-state index contributed by atoms with van der Waals surface area (Å²) in [5.41, 5.74) is 3.70. The van der Waals surface area contributed by atoms with Gasteiger partial charge in [0.05, 0.1) is 16.8 Å². The van der Waals surface area contributed by atoms with E-state index in [0.717, 1.165) is 24.0 Å². The van der Waals surface area contributed by atoms with Crippen LogP contribution >= 0.6 is 56.5 Å². The summed E-state index contributed by atoms with van der Waals surface area (Å²) in [6, 6.07) is 11.3. The van der Waals surface area contributed by atoms with Crippen LogP contribution in [0, 0.1) is 27.9 Å². The first-order valence-corrected chi connectivity index (χ1v) is 11.1. The molecule has 0 saturated heterocycles. The number of hydrogen-bond acceptors (Lipinski definition) is 4. The van der Waals surface area contributed by atoms with E-state index in [2.05, 4.69) is 50.2 Å². The molecule has 0 fully saturated rings. The fourth-order valence-electron chi connectivity index (χ4n) is 2.56. The normalized spacial score (nSPS) is 10.7. The van der Waals surface area contributed by atoms with E-state index >= 15 is 0 Å². The zero-order chi connectivity index (χ0) is 19.7. The van der Waals surface area contributed by atoms with E-state index in [0.29, 0.717) is 16.3 Å². The molecule has 0 unspecified atom stereocenters. The summed E-state index contributed by atoms with van der Waals surface area (Å²) >= 11 is 5.54. The fourth-order valence-corrected chi connectivity index (χ4v) is 4.49. The molecule has 1 heterocycles. The number of hydrogen-bond donors (Lipinski definition) is 0. The van der Waals surface area contributed by atoms with Crippen molar-refractivity contribution in [2.24, 2.45) is 0 Å². The summed E-state index contributed by atoms with van der Waals surface area (Å²) < 4.78 is 1.60. The molecule has 4 nitrogen and oxygen atoms in total. The number of carbonyl (C=O) groups excluding carboxylic acids is 2. The third kappa shape index (κ3) is 4.40. The average Bonchev–Trinajstić information content (AvgIpc) is 3.05. The molecule has 7 heteroatoms. The van der Waals surface area contributed by atoms with Crippen LogP contribution in [-0.4, -0.2) is 16.8 Å². The Bertz CT molecular complexity index is 983. The summed E-state index contributed by atoms with van der Waals surface area (Å²) in [5.74, 6) is -0.723. The van der Waals surface area contributed by atoms with Gasteiger partial charge in [-0.1, -0.05) is 23.3 Å². The number of benzene rings is 2. The molecule has 3 rings (SSSR count). The molecule has 0 aliphatic rings. The Morgan fingerprint density at radius 1 is 0.889 bits per heavy atom. The molecule has 0 aliphatic heterocycles. The summed E-state index contributed by atoms with van der Waals surface area (Å²) in [6.45, 7) is 5.70. The van der Waals surface area contributed by atoms with Crippen molar-refractivity contribution < 1.29 is 9.59 Å². The van der Waals surface area contributed by atoms with Crippen molar-refractivity contribution in [1.29, 1.82) is 0 Å². The molecule has 0 saturated carbocycles. The topological polar surface area (TPSA) is 50.3 Å². The maximum absolute atomic E-state index is 13.4. The SMILES string of the molecule is Cc1ccc(I)c(C(=O)N(C(=O)c2cc(C)ccc2I)c2nc(C)cs2)c1. The number of anilines is 1. The molecular weight excluding hydrogens is 586 g/mol. The lowest BCUT2D eigenvalue weighted by Crippen LogP contribution is -2.38. The van der Waals surface area contributed by atoms with Crippen molar-refractivity contribution in [3.05, 3.63) is 76.9 Å². The second kappa shape index (κ2) is 8.36. The Morgan fingerprint density at radius 2 is 1.37 bits per heavy atom. The van der Waals surface area contributed by atoms with E-state index in [9.17, 15) is 9.59 Å². The standard InChI is InChI=1S/C20H16I2N2O2S/c1-11-4-6-16(21)14(8-11)18(25)24(20-23-13(3)10-27-20)19(26)15-9-12(2)5-7-17(15)22/h4-10H,1-3H3. The maximum Gasteiger partial charge on any atom is 0.268 e. The molecule has 0 bridgehead atoms. The average molecular weight is 602 g/mol. The van der Waals surface area contributed by atoms with Crippen molar-refractivity contribution in [3.8, 4) is 0 Å². The van der Waals surface area contributed by atoms with Crippen LogP contribution in [0.5, 0.6) is 0 Å². The van der Waals surface area contributed by atoms with Crippen LogP contribution in [0.15, 0.2) is 41.8 Å². The second-order valence-corrected chi connectivity index (χ2v) is 9.34. The van der Waals surface area contributed by atoms with Crippen LogP contribution in [0.3, 0.4) is 0 Å². The number of thiazole rings is 1. The van der Waals surface area contributed by atoms with Crippen LogP contribution < -0.4 is 4.90 Å². The molecule has 1 aromatic heterocycles. The van der Waals surface area contributed by atoms with Gasteiger partial charge < -0.3 is 0 Å². The highest BCUT2D eigenvalue weighted by Crippen LogP contribution is 2.28. The van der Waals surface area contributed by atoms with Gasteiger partial charge >= 0.3 is 0 Å². The Labute approximate surface area is 189 Å². The van der Waals surface area contributed by atoms with Crippen molar-refractivity contribution >= 4 is 73.5 Å². The van der Waals surface area contributed by atoms with Crippen molar-refractivity contribution in [3.63, 3.8) is 0 Å². The number of nitrogens with zero attached hydrogens (tertiary/aromatic N) is 2. The number of amides is 2. The Kier molecular flexibility index (Phi) is 6.32. The van der Waals surface area contributed by atoms with Gasteiger partial charge in [-0.25, -0.2) is 9.88 Å². The van der Waals surface area contributed by atoms with Gasteiger partial charge in [0, 0.05) is 12.5 Å². The predicted octanol–water partition coefficient (Wildman–Crippen LogP) is 5.76. The maximum atomic E-state index is 13.4. The highest BCUT2D eigenvalue weighted by molar-refractivity contribution is 14.1. The summed E-state index contributed by atoms with van der Waals surface area (Å²) in [4.78, 5) is 32.4. The van der Waals surface area contributed by atoms with E-state index in [1.807, 2.05) is 62.5 Å². The van der Waals surface area contributed by atoms with Crippen LogP contribution in [0.25, 0.3) is 0 Å². The third-order valence-corrected chi connectivity index (χ3v) is 6.73. The highest BCUT2D eigenvalue weighted by Gasteiger charge is 2.30. The zero-order valence-corrected chi connectivity index (χ0v) is 20.0. The third-order valence-electron chi connectivity index (χ3n) is 3.91. The first-order valence-electron chi connectivity index (χ1n) is 8.11. The van der Waals surface area contributed by atoms with Gasteiger partial charge in [-0.3, -0.25) is 9.59 Å². The van der Waals surface area contributed by atoms with E-state index in [1.54, 1.807) is 0 Å². The van der Waals surface area contributed by atoms with Gasteiger partial charge in [0.15, 0.2) is 5.13 Å². The molecule has 27 heavy (non-hydrogen) atoms. The zero-order valence-electron chi connectivity index (χ0n) is 14.9. The van der Waals surface area contributed by atoms with Gasteiger partial charge in [0.1, 0.15) is 0 Å². The van der Waals surface area contributed by atoms with Crippen LogP contribution in [-0.2, 0) is 0 Å². The van der Waals surface area contributed by atoms with Crippen molar-refractivity contribution in [2.75, 3.05) is 4.90 Å². The number of imide groups is 1. The molecule has 0 atom stereocenters. The summed E-state index contributed by atoms with van der Waals surface area (Å²) in [5, 5.41) is 2.22. The minimum atomic E-state index is -0.361. The molecule has 2 aromatic carbocycles. The van der Waals surface area contributed by atoms with E-state index in [4.69, 9.17) is 0 Å². The molecule has 0 N–H and O–H groups in total. The number of aromatic nitrogens is 1. The van der Waals surface area contributed by atoms with Crippen molar-refractivity contribution in [2.45, 2.75) is 20.8 Å². The lowest BCUT2D eigenvalue weighted by Gasteiger charge is -2.20. The molecular formula is C20H16I2N2O2S. The van der Waals surface area contributed by atoms with Crippen molar-refractivity contribution in [1.82, 2.24) is 4.98 Å². The van der Waals surface area contributed by atoms with E-state index < -0.39 is 0 Å². The molecule has 3 aromatic rings. The second-order valence-electron chi connectivity index (χ2n) is 6.18. The number of carbonyl (C=O) groups is 2. The molecule has 138 valence electrons. The quantitative estimate of drug-likeness (QED) is 0.283. The molecule has 0 spiro atoms. The minimum Gasteiger partial charge on any atom is -0.268 e. The van der Waals surface area contributed by atoms with E-state index in [-0.39, 0.29) is 11.8 Å². The molecule has 0 radical (unpaired) electrons. The lowest BCUT2D eigenvalue weighted by atomic mass is 10.1. The highest BCUT2D eigenvalue weighted by atomic mass is 127. The monoisotopic (exact) mass is 602 g/mol. The van der Waals surface area contributed by atoms with E-state index in [1.165, 1.54) is 16.2 Å². The van der Waals surface area contributed by atoms with Crippen LogP contribution in [0.1, 0.15) is 37.5 Å². The molecule has 2 amide bonds. The van der Waals surface area contributed by atoms with Gasteiger partial charge in [-0.2, -0.15) is 0 Å². The Balaban J connectivity index is 2.14. The van der Waals surface area contributed by atoms with Crippen LogP contribution in [0.4, 0.5) is 5.13 Å². The number of halogens is 2. The first-order chi connectivity index (χ1) is 12.8. The Morgan fingerprint density at radius 3 is 1.78 bits per heavy atom. The number of aryl methyl sites for hydroxylation is 3. The fraction of sp³-hybridized carbons (Fsp3) is 0.150. The van der Waals surface area contributed by atoms with Crippen LogP contribution in [0.2, 0.25) is 0 Å². The lowest BCUT2D eigenvalue weighted by molar-refractivity contribution is 0.0896. The predicted molar refractivity (Wildman–Crippen MR) is 126 cm³/mol. The minimum absolute atomic E-state index is 0.361. The van der Waals surface area contributed by atoms with Gasteiger partial charge in [0.2, 0.25) is 0 Å². The largest absolute Gasteiger partial charge is 0.268 e. The molecule has 0 aliphatic carbocycles. The first kappa shape index (κ1) is 20.4. The van der Waals surface area contributed by atoms with Gasteiger partial charge in [0.25, 0.3) is 11.8 Å². The van der Waals surface area contributed by atoms with Gasteiger partial charge in [-0.05, 0) is 90.2 Å². The smallest absolute Gasteiger partial charge is 0.268 e. The summed E-state index contributed by atoms with van der Waals surface area (Å²) in [6.07, 6.45) is 0. The number of rotatable bonds is 3. The Hall–Kier alpha value is -1.33. The summed E-state index contributed by atoms with van der Waals surface area (Å²) in [7, 11) is 0. The van der Waals surface area contributed by atoms with Gasteiger partial charge in [-0.15, -0.1) is 11.3 Å².